The molecule has 7 nitrogen and oxygen atoms in total. The van der Waals surface area contributed by atoms with E-state index < -0.39 is 0 Å². The molecule has 2 N–H and O–H groups in total. The number of benzene rings is 2. The second-order valence-corrected chi connectivity index (χ2v) is 9.28. The summed E-state index contributed by atoms with van der Waals surface area (Å²) in [6, 6.07) is 15.6. The van der Waals surface area contributed by atoms with Crippen LogP contribution in [0.3, 0.4) is 0 Å². The Hall–Kier alpha value is -2.87. The molecule has 2 aromatic carbocycles. The van der Waals surface area contributed by atoms with Gasteiger partial charge in [0, 0.05) is 74.3 Å². The number of ether oxygens (including phenoxy) is 1. The van der Waals surface area contributed by atoms with E-state index in [4.69, 9.17) is 21.3 Å². The Morgan fingerprint density at radius 2 is 1.85 bits per heavy atom. The van der Waals surface area contributed by atoms with Gasteiger partial charge in [-0.15, -0.1) is 0 Å². The van der Waals surface area contributed by atoms with Crippen molar-refractivity contribution in [3.63, 3.8) is 0 Å². The molecule has 0 radical (unpaired) electrons. The Morgan fingerprint density at radius 1 is 1.06 bits per heavy atom. The van der Waals surface area contributed by atoms with Crippen LogP contribution in [-0.2, 0) is 0 Å². The number of nitrogens with one attached hydrogen (secondary N) is 2. The first kappa shape index (κ1) is 22.9. The topological polar surface area (TPSA) is 65.6 Å². The van der Waals surface area contributed by atoms with Gasteiger partial charge in [-0.3, -0.25) is 4.90 Å². The number of hydrogen-bond acceptors (Lipinski definition) is 7. The van der Waals surface area contributed by atoms with Gasteiger partial charge in [0.1, 0.15) is 23.1 Å². The molecule has 0 aliphatic carbocycles. The molecule has 178 valence electrons. The highest BCUT2D eigenvalue weighted by atomic mass is 35.5. The lowest BCUT2D eigenvalue weighted by molar-refractivity contribution is 0.245. The van der Waals surface area contributed by atoms with Gasteiger partial charge in [-0.1, -0.05) is 23.7 Å². The zero-order chi connectivity index (χ0) is 23.3. The average Bonchev–Trinajstić information content (AvgIpc) is 2.84. The Labute approximate surface area is 206 Å². The first-order chi connectivity index (χ1) is 16.6. The number of nitrogens with zero attached hydrogens (tertiary/aromatic N) is 4. The Balaban J connectivity index is 1.29. The number of halogens is 1. The molecule has 5 rings (SSSR count). The number of rotatable bonds is 7. The Kier molecular flexibility index (Phi) is 7.13. The molecule has 1 unspecified atom stereocenters. The van der Waals surface area contributed by atoms with Gasteiger partial charge < -0.3 is 20.3 Å². The molecule has 1 saturated heterocycles. The molecule has 34 heavy (non-hydrogen) atoms. The molecule has 1 fully saturated rings. The fourth-order valence-corrected chi connectivity index (χ4v) is 4.77. The van der Waals surface area contributed by atoms with Gasteiger partial charge in [-0.05, 0) is 43.7 Å². The zero-order valence-electron chi connectivity index (χ0n) is 19.5. The molecule has 2 aliphatic heterocycles. The molecule has 1 atom stereocenters. The van der Waals surface area contributed by atoms with Crippen molar-refractivity contribution >= 4 is 23.1 Å². The van der Waals surface area contributed by atoms with Gasteiger partial charge in [0.05, 0.1) is 6.04 Å². The highest BCUT2D eigenvalue weighted by Crippen LogP contribution is 2.35. The first-order valence-corrected chi connectivity index (χ1v) is 12.3. The summed E-state index contributed by atoms with van der Waals surface area (Å²) in [5.41, 5.74) is 2.16. The molecule has 2 aliphatic rings. The molecule has 3 heterocycles. The maximum atomic E-state index is 6.09. The van der Waals surface area contributed by atoms with Gasteiger partial charge in [0.2, 0.25) is 0 Å². The summed E-state index contributed by atoms with van der Waals surface area (Å²) >= 11 is 6.09. The highest BCUT2D eigenvalue weighted by Gasteiger charge is 2.27. The van der Waals surface area contributed by atoms with Crippen LogP contribution in [0.5, 0.6) is 11.5 Å². The van der Waals surface area contributed by atoms with Crippen LogP contribution in [0.1, 0.15) is 23.9 Å². The van der Waals surface area contributed by atoms with Gasteiger partial charge in [-0.25, -0.2) is 9.97 Å². The monoisotopic (exact) mass is 478 g/mol. The summed E-state index contributed by atoms with van der Waals surface area (Å²) in [5.74, 6) is 3.35. The number of anilines is 2. The van der Waals surface area contributed by atoms with E-state index in [1.54, 1.807) is 0 Å². The normalized spacial score (nSPS) is 18.4. The van der Waals surface area contributed by atoms with Crippen molar-refractivity contribution in [2.45, 2.75) is 19.4 Å². The van der Waals surface area contributed by atoms with Crippen LogP contribution in [0.25, 0.3) is 0 Å². The van der Waals surface area contributed by atoms with Crippen molar-refractivity contribution in [3.05, 3.63) is 71.1 Å². The number of hydrogen-bond donors (Lipinski definition) is 2. The summed E-state index contributed by atoms with van der Waals surface area (Å²) in [4.78, 5) is 14.3. The van der Waals surface area contributed by atoms with Crippen molar-refractivity contribution in [1.29, 1.82) is 0 Å². The molecule has 0 saturated carbocycles. The lowest BCUT2D eigenvalue weighted by Gasteiger charge is -2.37. The summed E-state index contributed by atoms with van der Waals surface area (Å²) in [5, 5.41) is 7.77. The first-order valence-electron chi connectivity index (χ1n) is 12.0. The van der Waals surface area contributed by atoms with Crippen molar-refractivity contribution in [2.75, 3.05) is 56.0 Å². The molecular weight excluding hydrogens is 448 g/mol. The second kappa shape index (κ2) is 10.6. The summed E-state index contributed by atoms with van der Waals surface area (Å²) in [6.07, 6.45) is 2.97. The molecule has 3 aromatic rings. The van der Waals surface area contributed by atoms with Crippen LogP contribution in [0.15, 0.2) is 54.7 Å². The standard InChI is InChI=1S/C26H31ClN6O/c1-19-29-18-24-25(8-11-33(26(24)30-19)15-14-32-12-9-28-10-13-32)31-21-5-3-7-23(17-21)34-22-6-2-4-20(27)16-22/h2-7,16-18,25,28,31H,8-15H2,1H3. The molecular formula is C26H31ClN6O. The minimum Gasteiger partial charge on any atom is -0.457 e. The van der Waals surface area contributed by atoms with E-state index in [-0.39, 0.29) is 6.04 Å². The van der Waals surface area contributed by atoms with Crippen LogP contribution >= 0.6 is 11.6 Å². The van der Waals surface area contributed by atoms with Crippen molar-refractivity contribution in [2.24, 2.45) is 0 Å². The third kappa shape index (κ3) is 5.60. The van der Waals surface area contributed by atoms with E-state index >= 15 is 0 Å². The molecule has 0 amide bonds. The van der Waals surface area contributed by atoms with E-state index in [0.717, 1.165) is 86.6 Å². The van der Waals surface area contributed by atoms with E-state index in [1.165, 1.54) is 0 Å². The number of piperazine rings is 1. The summed E-state index contributed by atoms with van der Waals surface area (Å²) in [7, 11) is 0. The Morgan fingerprint density at radius 3 is 2.68 bits per heavy atom. The van der Waals surface area contributed by atoms with Gasteiger partial charge in [0.15, 0.2) is 0 Å². The van der Waals surface area contributed by atoms with Gasteiger partial charge in [-0.2, -0.15) is 0 Å². The van der Waals surface area contributed by atoms with E-state index in [9.17, 15) is 0 Å². The number of aryl methyl sites for hydroxylation is 1. The molecule has 0 spiro atoms. The SMILES string of the molecule is Cc1ncc2c(n1)N(CCN1CCNCC1)CCC2Nc1cccc(Oc2cccc(Cl)c2)c1. The quantitative estimate of drug-likeness (QED) is 0.518. The zero-order valence-corrected chi connectivity index (χ0v) is 20.3. The van der Waals surface area contributed by atoms with Crippen molar-refractivity contribution in [3.8, 4) is 11.5 Å². The van der Waals surface area contributed by atoms with Crippen molar-refractivity contribution < 1.29 is 4.74 Å². The Bertz CT molecular complexity index is 1120. The largest absolute Gasteiger partial charge is 0.457 e. The van der Waals surface area contributed by atoms with Crippen LogP contribution in [0.2, 0.25) is 5.02 Å². The molecule has 8 heteroatoms. The maximum absolute atomic E-state index is 6.09. The van der Waals surface area contributed by atoms with Gasteiger partial charge in [0.25, 0.3) is 0 Å². The number of aromatic nitrogens is 2. The van der Waals surface area contributed by atoms with E-state index in [0.29, 0.717) is 5.02 Å². The van der Waals surface area contributed by atoms with Crippen LogP contribution < -0.4 is 20.3 Å². The highest BCUT2D eigenvalue weighted by molar-refractivity contribution is 6.30. The van der Waals surface area contributed by atoms with Crippen LogP contribution in [0.4, 0.5) is 11.5 Å². The summed E-state index contributed by atoms with van der Waals surface area (Å²) < 4.78 is 6.01. The molecule has 1 aromatic heterocycles. The van der Waals surface area contributed by atoms with Crippen molar-refractivity contribution in [1.82, 2.24) is 20.2 Å². The lowest BCUT2D eigenvalue weighted by atomic mass is 10.00. The number of fused-ring (bicyclic) bond motifs is 1. The molecule has 0 bridgehead atoms. The average molecular weight is 479 g/mol. The second-order valence-electron chi connectivity index (χ2n) is 8.85. The summed E-state index contributed by atoms with van der Waals surface area (Å²) in [6.45, 7) is 9.34. The third-order valence-corrected chi connectivity index (χ3v) is 6.62. The third-order valence-electron chi connectivity index (χ3n) is 6.38. The van der Waals surface area contributed by atoms with E-state index in [2.05, 4.69) is 31.5 Å². The minimum atomic E-state index is 0.146. The lowest BCUT2D eigenvalue weighted by Crippen LogP contribution is -2.47. The van der Waals surface area contributed by atoms with Crippen LogP contribution in [-0.4, -0.2) is 60.7 Å². The predicted octanol–water partition coefficient (Wildman–Crippen LogP) is 4.50. The van der Waals surface area contributed by atoms with Crippen LogP contribution in [0, 0.1) is 6.92 Å². The fraction of sp³-hybridized carbons (Fsp3) is 0.385. The smallest absolute Gasteiger partial charge is 0.137 e. The maximum Gasteiger partial charge on any atom is 0.137 e. The predicted molar refractivity (Wildman–Crippen MR) is 137 cm³/mol. The van der Waals surface area contributed by atoms with E-state index in [1.807, 2.05) is 55.6 Å². The minimum absolute atomic E-state index is 0.146. The van der Waals surface area contributed by atoms with Gasteiger partial charge >= 0.3 is 0 Å². The fourth-order valence-electron chi connectivity index (χ4n) is 4.59.